The van der Waals surface area contributed by atoms with E-state index in [1.165, 1.54) is 6.42 Å². The molecular formula is C38H56N4O4. The van der Waals surface area contributed by atoms with Gasteiger partial charge in [0.05, 0.1) is 19.3 Å². The van der Waals surface area contributed by atoms with Crippen LogP contribution in [0.4, 0.5) is 0 Å². The predicted molar refractivity (Wildman–Crippen MR) is 183 cm³/mol. The summed E-state index contributed by atoms with van der Waals surface area (Å²) >= 11 is 0. The summed E-state index contributed by atoms with van der Waals surface area (Å²) in [6.45, 7) is 14.6. The molecule has 3 aliphatic carbocycles. The summed E-state index contributed by atoms with van der Waals surface area (Å²) < 4.78 is 0. The Balaban J connectivity index is 1.28. The molecule has 4 aliphatic rings. The van der Waals surface area contributed by atoms with Gasteiger partial charge in [-0.05, 0) is 104 Å². The third kappa shape index (κ3) is 7.51. The normalized spacial score (nSPS) is 28.5. The van der Waals surface area contributed by atoms with Crippen LogP contribution >= 0.6 is 0 Å². The third-order valence-corrected chi connectivity index (χ3v) is 11.1. The van der Waals surface area contributed by atoms with Gasteiger partial charge in [-0.3, -0.25) is 14.4 Å². The van der Waals surface area contributed by atoms with Crippen LogP contribution in [0.15, 0.2) is 48.5 Å². The number of likely N-dealkylation sites (N-methyl/N-ethyl adjacent to an activating group) is 1. The molecule has 6 rings (SSSR count). The molecule has 0 spiro atoms. The zero-order valence-corrected chi connectivity index (χ0v) is 29.1. The van der Waals surface area contributed by atoms with Gasteiger partial charge in [-0.25, -0.2) is 0 Å². The van der Waals surface area contributed by atoms with Crippen molar-refractivity contribution in [1.29, 1.82) is 0 Å². The number of benzene rings is 2. The van der Waals surface area contributed by atoms with Crippen LogP contribution in [0.25, 0.3) is 11.1 Å². The van der Waals surface area contributed by atoms with Crippen LogP contribution in [0.1, 0.15) is 76.7 Å². The second kappa shape index (κ2) is 14.1. The topological polar surface area (TPSA) is 94.1 Å². The monoisotopic (exact) mass is 632 g/mol. The number of hydroxylamine groups is 2. The first kappa shape index (κ1) is 34.6. The van der Waals surface area contributed by atoms with E-state index in [0.717, 1.165) is 36.1 Å². The molecule has 4 fully saturated rings. The van der Waals surface area contributed by atoms with Crippen LogP contribution in [-0.2, 0) is 16.2 Å². The fourth-order valence-electron chi connectivity index (χ4n) is 8.37. The maximum Gasteiger partial charge on any atom is 0.251 e. The quantitative estimate of drug-likeness (QED) is 0.292. The number of amides is 2. The minimum atomic E-state index is -0.671. The van der Waals surface area contributed by atoms with Crippen molar-refractivity contribution < 1.29 is 19.5 Å². The molecule has 2 aromatic rings. The minimum absolute atomic E-state index is 0.0562. The molecule has 1 heterocycles. The van der Waals surface area contributed by atoms with E-state index in [0.29, 0.717) is 47.8 Å². The van der Waals surface area contributed by atoms with Crippen LogP contribution in [0.5, 0.6) is 0 Å². The van der Waals surface area contributed by atoms with E-state index in [9.17, 15) is 14.7 Å². The second-order valence-electron chi connectivity index (χ2n) is 15.6. The van der Waals surface area contributed by atoms with Crippen molar-refractivity contribution in [1.82, 2.24) is 20.6 Å². The number of carbonyl (C=O) groups excluding carboxylic acids is 2. The van der Waals surface area contributed by atoms with Crippen molar-refractivity contribution >= 4 is 11.8 Å². The molecule has 1 saturated heterocycles. The number of carbonyl (C=O) groups is 2. The molecule has 8 nitrogen and oxygen atoms in total. The SMILES string of the molecule is CC(C)C[C@H](CN(C)C)NC(=O)c1cccc(-c2cccc(CN3OC[C@@H]([C@H](C)O)[C@H]3C(=O)N[C@H]3C[C@H]4C[C@@H]([C@@H]3C)C4(C)C)c2)c1. The Kier molecular flexibility index (Phi) is 10.6. The van der Waals surface area contributed by atoms with Crippen LogP contribution in [0, 0.1) is 35.0 Å². The van der Waals surface area contributed by atoms with E-state index in [1.807, 2.05) is 56.6 Å². The zero-order valence-electron chi connectivity index (χ0n) is 29.1. The van der Waals surface area contributed by atoms with E-state index in [-0.39, 0.29) is 29.8 Å². The lowest BCUT2D eigenvalue weighted by Crippen LogP contribution is -2.62. The number of aliphatic hydroxyl groups is 1. The standard InChI is InChI=1S/C38H56N4O4/c1-23(2)15-31(21-41(7)8)39-36(44)29-14-10-13-28(17-29)27-12-9-11-26(16-27)20-42-35(32(22-46-42)25(4)43)37(45)40-34-19-30-18-33(24(34)3)38(30,5)6/h9-14,16-17,23-25,30-35,43H,15,18-22H2,1-8H3,(H,39,44)(H,40,45)/t24-,25-,30+,31+,32-,33-,34-,35-/m0/s1. The molecular weight excluding hydrogens is 576 g/mol. The molecule has 3 N–H and O–H groups in total. The molecule has 0 unspecified atom stereocenters. The molecule has 2 amide bonds. The summed E-state index contributed by atoms with van der Waals surface area (Å²) in [5.41, 5.74) is 3.92. The van der Waals surface area contributed by atoms with Crippen molar-refractivity contribution in [3.05, 3.63) is 59.7 Å². The zero-order chi connectivity index (χ0) is 33.3. The van der Waals surface area contributed by atoms with Crippen LogP contribution < -0.4 is 10.6 Å². The fourth-order valence-corrected chi connectivity index (χ4v) is 8.37. The molecule has 252 valence electrons. The smallest absolute Gasteiger partial charge is 0.251 e. The highest BCUT2D eigenvalue weighted by molar-refractivity contribution is 5.95. The molecule has 0 radical (unpaired) electrons. The number of nitrogens with zero attached hydrogens (tertiary/aromatic N) is 2. The summed E-state index contributed by atoms with van der Waals surface area (Å²) in [6, 6.07) is 15.6. The molecule has 2 bridgehead atoms. The first-order valence-corrected chi connectivity index (χ1v) is 17.3. The van der Waals surface area contributed by atoms with Gasteiger partial charge in [0, 0.05) is 30.1 Å². The molecule has 0 aromatic heterocycles. The van der Waals surface area contributed by atoms with Crippen LogP contribution in [-0.4, -0.2) is 78.4 Å². The fraction of sp³-hybridized carbons (Fsp3) is 0.632. The number of fused-ring (bicyclic) bond motifs is 2. The minimum Gasteiger partial charge on any atom is -0.393 e. The van der Waals surface area contributed by atoms with E-state index < -0.39 is 12.1 Å². The number of rotatable bonds is 12. The molecule has 46 heavy (non-hydrogen) atoms. The molecule has 8 heteroatoms. The Labute approximate surface area is 276 Å². The van der Waals surface area contributed by atoms with Gasteiger partial charge in [-0.1, -0.05) is 65.0 Å². The van der Waals surface area contributed by atoms with Crippen molar-refractivity contribution in [2.24, 2.45) is 35.0 Å². The van der Waals surface area contributed by atoms with Gasteiger partial charge in [0.15, 0.2) is 0 Å². The summed E-state index contributed by atoms with van der Waals surface area (Å²) in [4.78, 5) is 35.3. The van der Waals surface area contributed by atoms with Crippen molar-refractivity contribution in [3.63, 3.8) is 0 Å². The lowest BCUT2D eigenvalue weighted by Gasteiger charge is -2.62. The van der Waals surface area contributed by atoms with Crippen molar-refractivity contribution in [2.45, 2.75) is 91.6 Å². The Hall–Kier alpha value is -2.78. The third-order valence-electron chi connectivity index (χ3n) is 11.1. The summed E-state index contributed by atoms with van der Waals surface area (Å²) in [7, 11) is 4.05. The maximum absolute atomic E-state index is 13.9. The first-order valence-electron chi connectivity index (χ1n) is 17.3. The van der Waals surface area contributed by atoms with Gasteiger partial charge < -0.3 is 20.6 Å². The van der Waals surface area contributed by atoms with Crippen molar-refractivity contribution in [3.8, 4) is 11.1 Å². The lowest BCUT2D eigenvalue weighted by atomic mass is 9.45. The highest BCUT2D eigenvalue weighted by atomic mass is 16.7. The van der Waals surface area contributed by atoms with Gasteiger partial charge in [0.1, 0.15) is 6.04 Å². The Morgan fingerprint density at radius 2 is 1.76 bits per heavy atom. The van der Waals surface area contributed by atoms with Crippen LogP contribution in [0.2, 0.25) is 0 Å². The largest absolute Gasteiger partial charge is 0.393 e. The molecule has 8 atom stereocenters. The van der Waals surface area contributed by atoms with E-state index in [1.54, 1.807) is 12.0 Å². The van der Waals surface area contributed by atoms with Crippen molar-refractivity contribution in [2.75, 3.05) is 27.2 Å². The first-order chi connectivity index (χ1) is 21.7. The van der Waals surface area contributed by atoms with Gasteiger partial charge in [-0.2, -0.15) is 5.06 Å². The number of aliphatic hydroxyl groups excluding tert-OH is 1. The highest BCUT2D eigenvalue weighted by Crippen LogP contribution is 2.61. The summed E-state index contributed by atoms with van der Waals surface area (Å²) in [5.74, 6) is 1.75. The Morgan fingerprint density at radius 1 is 1.07 bits per heavy atom. The van der Waals surface area contributed by atoms with Gasteiger partial charge in [0.2, 0.25) is 5.91 Å². The average molecular weight is 633 g/mol. The van der Waals surface area contributed by atoms with Crippen LogP contribution in [0.3, 0.4) is 0 Å². The van der Waals surface area contributed by atoms with Gasteiger partial charge in [-0.15, -0.1) is 0 Å². The Morgan fingerprint density at radius 3 is 2.39 bits per heavy atom. The molecule has 3 saturated carbocycles. The van der Waals surface area contributed by atoms with Gasteiger partial charge in [0.25, 0.3) is 5.91 Å². The number of hydrogen-bond donors (Lipinski definition) is 3. The molecule has 1 aliphatic heterocycles. The maximum atomic E-state index is 13.9. The number of nitrogens with one attached hydrogen (secondary N) is 2. The predicted octanol–water partition coefficient (Wildman–Crippen LogP) is 5.36. The summed E-state index contributed by atoms with van der Waals surface area (Å²) in [5, 5.41) is 19.0. The average Bonchev–Trinajstić information content (AvgIpc) is 3.41. The highest BCUT2D eigenvalue weighted by Gasteiger charge is 2.57. The van der Waals surface area contributed by atoms with E-state index >= 15 is 0 Å². The van der Waals surface area contributed by atoms with E-state index in [4.69, 9.17) is 4.84 Å². The second-order valence-corrected chi connectivity index (χ2v) is 15.6. The summed E-state index contributed by atoms with van der Waals surface area (Å²) in [6.07, 6.45) is 2.51. The molecule has 2 aromatic carbocycles. The lowest BCUT2D eigenvalue weighted by molar-refractivity contribution is -0.161. The Bertz CT molecular complexity index is 1360. The number of hydrogen-bond acceptors (Lipinski definition) is 6. The van der Waals surface area contributed by atoms with E-state index in [2.05, 4.69) is 56.2 Å². The van der Waals surface area contributed by atoms with Gasteiger partial charge >= 0.3 is 0 Å².